The summed E-state index contributed by atoms with van der Waals surface area (Å²) in [6.45, 7) is 19.8. The molecule has 0 fully saturated rings. The molecule has 160 valence electrons. The van der Waals surface area contributed by atoms with E-state index in [4.69, 9.17) is 9.26 Å². The van der Waals surface area contributed by atoms with Crippen molar-refractivity contribution in [2.45, 2.75) is 86.6 Å². The van der Waals surface area contributed by atoms with E-state index in [1.165, 1.54) is 11.8 Å². The molecule has 0 aromatic carbocycles. The van der Waals surface area contributed by atoms with Crippen molar-refractivity contribution in [2.75, 3.05) is 12.4 Å². The summed E-state index contributed by atoms with van der Waals surface area (Å²) in [4.78, 5) is 26.9. The standard InChI is InChI=1S/C19H38NO4PS2/c1-13(2)20(14(3)4)19(24-25,27-16(22)18(8,9)10)23-11-12-26-15(21)17(5,6)7/h13-14H,11-12,25H2,1-10H3. The summed E-state index contributed by atoms with van der Waals surface area (Å²) in [6, 6.07) is 0.185. The fourth-order valence-electron chi connectivity index (χ4n) is 2.30. The molecule has 0 amide bonds. The highest BCUT2D eigenvalue weighted by Crippen LogP contribution is 2.41. The van der Waals surface area contributed by atoms with E-state index in [1.807, 2.05) is 74.1 Å². The molecule has 0 saturated heterocycles. The van der Waals surface area contributed by atoms with Gasteiger partial charge in [-0.3, -0.25) is 9.59 Å². The Morgan fingerprint density at radius 2 is 1.37 bits per heavy atom. The molecule has 0 aliphatic heterocycles. The highest BCUT2D eigenvalue weighted by atomic mass is 32.2. The fraction of sp³-hybridized carbons (Fsp3) is 0.895. The smallest absolute Gasteiger partial charge is 0.293 e. The maximum absolute atomic E-state index is 12.8. The van der Waals surface area contributed by atoms with Crippen molar-refractivity contribution in [2.24, 2.45) is 10.8 Å². The topological polar surface area (TPSA) is 55.8 Å². The Bertz CT molecular complexity index is 493. The van der Waals surface area contributed by atoms with Gasteiger partial charge in [0.2, 0.25) is 5.12 Å². The minimum Gasteiger partial charge on any atom is -0.327 e. The number of carbonyl (C=O) groups is 2. The van der Waals surface area contributed by atoms with Gasteiger partial charge in [-0.25, -0.2) is 4.90 Å². The largest absolute Gasteiger partial charge is 0.327 e. The van der Waals surface area contributed by atoms with Crippen molar-refractivity contribution in [1.29, 1.82) is 0 Å². The second-order valence-electron chi connectivity index (χ2n) is 9.11. The van der Waals surface area contributed by atoms with Crippen LogP contribution in [0.3, 0.4) is 0 Å². The summed E-state index contributed by atoms with van der Waals surface area (Å²) in [5.41, 5.74) is -0.920. The first-order chi connectivity index (χ1) is 12.1. The van der Waals surface area contributed by atoms with Crippen molar-refractivity contribution < 1.29 is 18.8 Å². The number of rotatable bonds is 9. The second kappa shape index (κ2) is 10.9. The van der Waals surface area contributed by atoms with Crippen LogP contribution in [-0.4, -0.2) is 44.8 Å². The van der Waals surface area contributed by atoms with Gasteiger partial charge < -0.3 is 9.26 Å². The van der Waals surface area contributed by atoms with E-state index in [2.05, 4.69) is 9.47 Å². The molecule has 0 aliphatic rings. The van der Waals surface area contributed by atoms with Crippen LogP contribution in [-0.2, 0) is 18.8 Å². The maximum Gasteiger partial charge on any atom is 0.293 e. The molecule has 0 spiro atoms. The average molecular weight is 440 g/mol. The lowest BCUT2D eigenvalue weighted by atomic mass is 9.99. The molecular weight excluding hydrogens is 401 g/mol. The zero-order chi connectivity index (χ0) is 21.6. The Labute approximate surface area is 176 Å². The van der Waals surface area contributed by atoms with Gasteiger partial charge >= 0.3 is 0 Å². The molecule has 8 heteroatoms. The molecular formula is C19H38NO4PS2. The van der Waals surface area contributed by atoms with Crippen LogP contribution in [0.4, 0.5) is 0 Å². The summed E-state index contributed by atoms with van der Waals surface area (Å²) in [5.74, 6) is 0.500. The van der Waals surface area contributed by atoms with E-state index in [9.17, 15) is 9.59 Å². The number of hydrogen-bond donors (Lipinski definition) is 0. The Kier molecular flexibility index (Phi) is 11.1. The molecule has 0 radical (unpaired) electrons. The lowest BCUT2D eigenvalue weighted by molar-refractivity contribution is -0.216. The van der Waals surface area contributed by atoms with Gasteiger partial charge in [-0.2, -0.15) is 0 Å². The van der Waals surface area contributed by atoms with Crippen molar-refractivity contribution in [3.8, 4) is 0 Å². The molecule has 2 unspecified atom stereocenters. The molecule has 27 heavy (non-hydrogen) atoms. The van der Waals surface area contributed by atoms with Crippen LogP contribution in [0, 0.1) is 10.8 Å². The summed E-state index contributed by atoms with van der Waals surface area (Å²) in [6.07, 6.45) is 0. The molecule has 0 rings (SSSR count). The van der Waals surface area contributed by atoms with E-state index in [0.717, 1.165) is 11.8 Å². The lowest BCUT2D eigenvalue weighted by Gasteiger charge is -2.45. The van der Waals surface area contributed by atoms with Crippen LogP contribution in [0.2, 0.25) is 0 Å². The molecule has 0 aromatic heterocycles. The van der Waals surface area contributed by atoms with Crippen molar-refractivity contribution in [1.82, 2.24) is 4.90 Å². The van der Waals surface area contributed by atoms with Gasteiger partial charge in [0.05, 0.1) is 6.61 Å². The maximum atomic E-state index is 12.8. The predicted molar refractivity (Wildman–Crippen MR) is 121 cm³/mol. The Balaban J connectivity index is 5.45. The van der Waals surface area contributed by atoms with Crippen LogP contribution in [0.1, 0.15) is 69.2 Å². The summed E-state index contributed by atoms with van der Waals surface area (Å²) in [7, 11) is 2.25. The van der Waals surface area contributed by atoms with Gasteiger partial charge in [-0.05, 0) is 39.5 Å². The Hall–Kier alpha value is 0.350. The molecule has 0 N–H and O–H groups in total. The zero-order valence-corrected chi connectivity index (χ0v) is 21.3. The summed E-state index contributed by atoms with van der Waals surface area (Å²) >= 11 is 2.30. The van der Waals surface area contributed by atoms with E-state index in [-0.39, 0.29) is 22.3 Å². The summed E-state index contributed by atoms with van der Waals surface area (Å²) < 4.78 is 11.9. The normalized spacial score (nSPS) is 15.5. The monoisotopic (exact) mass is 439 g/mol. The lowest BCUT2D eigenvalue weighted by Crippen LogP contribution is -2.56. The SMILES string of the molecule is CC(C)N(C(C)C)C(OP)(OCCSC(=O)C(C)(C)C)SC(=O)C(C)(C)C. The van der Waals surface area contributed by atoms with Crippen molar-refractivity contribution in [3.05, 3.63) is 0 Å². The van der Waals surface area contributed by atoms with Gasteiger partial charge in [0.25, 0.3) is 5.24 Å². The number of ether oxygens (including phenoxy) is 1. The van der Waals surface area contributed by atoms with Crippen molar-refractivity contribution in [3.63, 3.8) is 0 Å². The van der Waals surface area contributed by atoms with Crippen molar-refractivity contribution >= 4 is 43.2 Å². The second-order valence-corrected chi connectivity index (χ2v) is 11.5. The molecule has 0 heterocycles. The quantitative estimate of drug-likeness (QED) is 0.280. The van der Waals surface area contributed by atoms with Crippen LogP contribution >= 0.6 is 33.0 Å². The van der Waals surface area contributed by atoms with Crippen LogP contribution in [0.15, 0.2) is 0 Å². The zero-order valence-electron chi connectivity index (χ0n) is 18.5. The first-order valence-electron chi connectivity index (χ1n) is 9.29. The first-order valence-corrected chi connectivity index (χ1v) is 11.6. The third kappa shape index (κ3) is 8.71. The third-order valence-corrected chi connectivity index (χ3v) is 6.84. The number of carbonyl (C=O) groups excluding carboxylic acids is 2. The van der Waals surface area contributed by atoms with Gasteiger partial charge in [-0.15, -0.1) is 0 Å². The molecule has 0 saturated carbocycles. The Morgan fingerprint density at radius 1 is 0.926 bits per heavy atom. The minimum absolute atomic E-state index is 0.0188. The van der Waals surface area contributed by atoms with E-state index < -0.39 is 16.1 Å². The van der Waals surface area contributed by atoms with E-state index >= 15 is 0 Å². The van der Waals surface area contributed by atoms with Gasteiger partial charge in [-0.1, -0.05) is 53.3 Å². The fourth-order valence-corrected chi connectivity index (χ4v) is 4.67. The highest BCUT2D eigenvalue weighted by Gasteiger charge is 2.46. The van der Waals surface area contributed by atoms with Gasteiger partial charge in [0.1, 0.15) is 0 Å². The van der Waals surface area contributed by atoms with E-state index in [1.54, 1.807) is 0 Å². The van der Waals surface area contributed by atoms with Gasteiger partial charge in [0, 0.05) is 38.1 Å². The van der Waals surface area contributed by atoms with E-state index in [0.29, 0.717) is 12.4 Å². The number of nitrogens with zero attached hydrogens (tertiary/aromatic N) is 1. The predicted octanol–water partition coefficient (Wildman–Crippen LogP) is 5.15. The number of hydrogen-bond acceptors (Lipinski definition) is 7. The molecule has 0 aliphatic carbocycles. The van der Waals surface area contributed by atoms with Crippen LogP contribution < -0.4 is 0 Å². The minimum atomic E-state index is -1.26. The highest BCUT2D eigenvalue weighted by molar-refractivity contribution is 8.14. The van der Waals surface area contributed by atoms with Gasteiger partial charge in [0.15, 0.2) is 5.12 Å². The molecule has 0 aromatic rings. The Morgan fingerprint density at radius 3 is 1.70 bits per heavy atom. The van der Waals surface area contributed by atoms with Crippen LogP contribution in [0.5, 0.6) is 0 Å². The molecule has 0 bridgehead atoms. The third-order valence-electron chi connectivity index (χ3n) is 3.63. The number of thioether (sulfide) groups is 2. The first kappa shape index (κ1) is 27.4. The molecule has 5 nitrogen and oxygen atoms in total. The summed E-state index contributed by atoms with van der Waals surface area (Å²) in [5, 5.41) is -1.16. The van der Waals surface area contributed by atoms with Crippen LogP contribution in [0.25, 0.3) is 0 Å². The average Bonchev–Trinajstić information content (AvgIpc) is 2.48. The molecule has 2 atom stereocenters.